The van der Waals surface area contributed by atoms with Gasteiger partial charge in [-0.05, 0) is 61.7 Å². The van der Waals surface area contributed by atoms with Crippen LogP contribution in [-0.2, 0) is 0 Å². The van der Waals surface area contributed by atoms with E-state index in [2.05, 4.69) is 9.88 Å². The summed E-state index contributed by atoms with van der Waals surface area (Å²) < 4.78 is 7.19. The maximum Gasteiger partial charge on any atom is 0.336 e. The van der Waals surface area contributed by atoms with E-state index >= 15 is 0 Å². The third-order valence-electron chi connectivity index (χ3n) is 4.24. The number of anilines is 1. The number of nitrogens with zero attached hydrogens (tertiary/aromatic N) is 1. The lowest BCUT2D eigenvalue weighted by Crippen LogP contribution is -2.13. The number of carbonyl (C=O) groups is 1. The fourth-order valence-corrected chi connectivity index (χ4v) is 3.81. The van der Waals surface area contributed by atoms with Crippen molar-refractivity contribution in [2.45, 2.75) is 13.8 Å². The number of hydrogen-bond donors (Lipinski definition) is 1. The van der Waals surface area contributed by atoms with E-state index in [-0.39, 0.29) is 5.91 Å². The van der Waals surface area contributed by atoms with Gasteiger partial charge < -0.3 is 14.3 Å². The van der Waals surface area contributed by atoms with Gasteiger partial charge in [-0.15, -0.1) is 11.3 Å². The Morgan fingerprint density at radius 3 is 2.58 bits per heavy atom. The largest absolute Gasteiger partial charge is 0.423 e. The summed E-state index contributed by atoms with van der Waals surface area (Å²) in [7, 11) is 0. The van der Waals surface area contributed by atoms with Crippen molar-refractivity contribution in [3.05, 3.63) is 80.6 Å². The number of nitrogens with one attached hydrogen (secondary N) is 1. The Hall–Kier alpha value is -3.12. The Kier molecular flexibility index (Phi) is 3.97. The van der Waals surface area contributed by atoms with Gasteiger partial charge in [-0.25, -0.2) is 4.79 Å². The molecule has 1 N–H and O–H groups in total. The number of hydrogen-bond acceptors (Lipinski definition) is 4. The molecule has 1 aromatic carbocycles. The van der Waals surface area contributed by atoms with Crippen molar-refractivity contribution in [3.63, 3.8) is 0 Å². The molecule has 130 valence electrons. The Morgan fingerprint density at radius 1 is 1.04 bits per heavy atom. The van der Waals surface area contributed by atoms with Gasteiger partial charge in [0, 0.05) is 28.5 Å². The number of amides is 1. The second kappa shape index (κ2) is 6.31. The molecule has 0 atom stereocenters. The smallest absolute Gasteiger partial charge is 0.336 e. The summed E-state index contributed by atoms with van der Waals surface area (Å²) in [5.74, 6) is -0.167. The van der Waals surface area contributed by atoms with Crippen LogP contribution in [0.5, 0.6) is 0 Å². The van der Waals surface area contributed by atoms with Crippen molar-refractivity contribution in [1.82, 2.24) is 4.57 Å². The summed E-state index contributed by atoms with van der Waals surface area (Å²) in [4.78, 5) is 24.7. The first-order chi connectivity index (χ1) is 12.5. The summed E-state index contributed by atoms with van der Waals surface area (Å²) in [6.07, 6.45) is 0. The van der Waals surface area contributed by atoms with E-state index in [9.17, 15) is 9.59 Å². The lowest BCUT2D eigenvalue weighted by Gasteiger charge is -2.11. The number of thiophene rings is 1. The van der Waals surface area contributed by atoms with Gasteiger partial charge in [0.2, 0.25) is 0 Å². The predicted molar refractivity (Wildman–Crippen MR) is 104 cm³/mol. The lowest BCUT2D eigenvalue weighted by molar-refractivity contribution is 0.103. The Balaban J connectivity index is 1.67. The number of aryl methyl sites for hydroxylation is 2. The molecule has 1 amide bonds. The highest BCUT2D eigenvalue weighted by Crippen LogP contribution is 2.26. The number of benzene rings is 1. The normalized spacial score (nSPS) is 11.0. The van der Waals surface area contributed by atoms with Crippen LogP contribution in [0.4, 0.5) is 5.69 Å². The summed E-state index contributed by atoms with van der Waals surface area (Å²) in [5, 5.41) is 5.60. The minimum absolute atomic E-state index is 0.167. The zero-order chi connectivity index (χ0) is 18.3. The Labute approximate surface area is 153 Å². The van der Waals surface area contributed by atoms with Crippen molar-refractivity contribution in [3.8, 4) is 5.69 Å². The molecule has 0 unspecified atom stereocenters. The molecule has 3 heterocycles. The van der Waals surface area contributed by atoms with Crippen LogP contribution in [0.2, 0.25) is 0 Å². The fraction of sp³-hybridized carbons (Fsp3) is 0.100. The van der Waals surface area contributed by atoms with Crippen molar-refractivity contribution in [2.75, 3.05) is 5.32 Å². The quantitative estimate of drug-likeness (QED) is 0.544. The van der Waals surface area contributed by atoms with Crippen molar-refractivity contribution in [1.29, 1.82) is 0 Å². The molecular weight excluding hydrogens is 348 g/mol. The molecule has 0 saturated carbocycles. The maximum atomic E-state index is 12.8. The monoisotopic (exact) mass is 364 g/mol. The average Bonchev–Trinajstić information content (AvgIpc) is 3.21. The van der Waals surface area contributed by atoms with Crippen LogP contribution in [0.15, 0.2) is 63.1 Å². The highest BCUT2D eigenvalue weighted by Gasteiger charge is 2.17. The molecule has 0 fully saturated rings. The van der Waals surface area contributed by atoms with Gasteiger partial charge in [0.15, 0.2) is 0 Å². The highest BCUT2D eigenvalue weighted by molar-refractivity contribution is 7.12. The van der Waals surface area contributed by atoms with E-state index in [1.165, 1.54) is 17.4 Å². The zero-order valence-corrected chi connectivity index (χ0v) is 15.1. The predicted octanol–water partition coefficient (Wildman–Crippen LogP) is 4.51. The van der Waals surface area contributed by atoms with Crippen molar-refractivity contribution >= 4 is 33.9 Å². The van der Waals surface area contributed by atoms with E-state index in [0.717, 1.165) is 22.5 Å². The molecule has 6 heteroatoms. The van der Waals surface area contributed by atoms with Gasteiger partial charge in [0.05, 0.1) is 5.69 Å². The average molecular weight is 364 g/mol. The van der Waals surface area contributed by atoms with Crippen LogP contribution >= 0.6 is 11.3 Å². The van der Waals surface area contributed by atoms with Gasteiger partial charge in [0.25, 0.3) is 5.91 Å². The van der Waals surface area contributed by atoms with E-state index < -0.39 is 5.63 Å². The molecule has 0 bridgehead atoms. The van der Waals surface area contributed by atoms with Crippen molar-refractivity contribution < 1.29 is 9.21 Å². The number of rotatable bonds is 3. The fourth-order valence-electron chi connectivity index (χ4n) is 3.03. The molecule has 4 rings (SSSR count). The molecule has 26 heavy (non-hydrogen) atoms. The topological polar surface area (TPSA) is 64.2 Å². The standard InChI is InChI=1S/C20H16N2O3S/c1-12-3-4-13(2)22(12)16-9-10-26-19(16)20(24)21-15-6-7-17-14(11-15)5-8-18(23)25-17/h3-11H,1-2H3,(H,21,24). The highest BCUT2D eigenvalue weighted by atomic mass is 32.1. The molecule has 0 aliphatic heterocycles. The third-order valence-corrected chi connectivity index (χ3v) is 5.14. The molecule has 4 aromatic rings. The second-order valence-electron chi connectivity index (χ2n) is 6.05. The molecule has 5 nitrogen and oxygen atoms in total. The van der Waals surface area contributed by atoms with Gasteiger partial charge in [-0.3, -0.25) is 4.79 Å². The summed E-state index contributed by atoms with van der Waals surface area (Å²) in [6, 6.07) is 14.3. The maximum absolute atomic E-state index is 12.8. The first-order valence-corrected chi connectivity index (χ1v) is 8.99. The first-order valence-electron chi connectivity index (χ1n) is 8.11. The minimum atomic E-state index is -0.394. The molecule has 0 saturated heterocycles. The van der Waals surface area contributed by atoms with E-state index in [1.807, 2.05) is 37.4 Å². The SMILES string of the molecule is Cc1ccc(C)n1-c1ccsc1C(=O)Nc1ccc2oc(=O)ccc2c1. The second-order valence-corrected chi connectivity index (χ2v) is 6.96. The minimum Gasteiger partial charge on any atom is -0.423 e. The van der Waals surface area contributed by atoms with Gasteiger partial charge >= 0.3 is 5.63 Å². The summed E-state index contributed by atoms with van der Waals surface area (Å²) in [6.45, 7) is 4.03. The summed E-state index contributed by atoms with van der Waals surface area (Å²) in [5.41, 5.74) is 3.78. The number of carbonyl (C=O) groups excluding carboxylic acids is 1. The van der Waals surface area contributed by atoms with E-state index in [0.29, 0.717) is 16.1 Å². The van der Waals surface area contributed by atoms with E-state index in [1.54, 1.807) is 24.3 Å². The van der Waals surface area contributed by atoms with Crippen molar-refractivity contribution in [2.24, 2.45) is 0 Å². The van der Waals surface area contributed by atoms with Gasteiger partial charge in [0.1, 0.15) is 10.5 Å². The molecule has 0 radical (unpaired) electrons. The van der Waals surface area contributed by atoms with Crippen LogP contribution < -0.4 is 10.9 Å². The van der Waals surface area contributed by atoms with E-state index in [4.69, 9.17) is 4.42 Å². The van der Waals surface area contributed by atoms with Crippen LogP contribution in [0, 0.1) is 13.8 Å². The van der Waals surface area contributed by atoms with Crippen LogP contribution in [0.25, 0.3) is 16.7 Å². The number of fused-ring (bicyclic) bond motifs is 1. The van der Waals surface area contributed by atoms with Gasteiger partial charge in [-0.1, -0.05) is 0 Å². The molecule has 0 aliphatic carbocycles. The van der Waals surface area contributed by atoms with Crippen LogP contribution in [0.3, 0.4) is 0 Å². The summed E-state index contributed by atoms with van der Waals surface area (Å²) >= 11 is 1.41. The van der Waals surface area contributed by atoms with Gasteiger partial charge in [-0.2, -0.15) is 0 Å². The molecule has 3 aromatic heterocycles. The molecule has 0 aliphatic rings. The Bertz CT molecular complexity index is 1160. The number of aromatic nitrogens is 1. The Morgan fingerprint density at radius 2 is 1.81 bits per heavy atom. The third kappa shape index (κ3) is 2.84. The molecular formula is C20H16N2O3S. The van der Waals surface area contributed by atoms with Crippen LogP contribution in [-0.4, -0.2) is 10.5 Å². The lowest BCUT2D eigenvalue weighted by atomic mass is 10.2. The first kappa shape index (κ1) is 16.4. The van der Waals surface area contributed by atoms with Crippen LogP contribution in [0.1, 0.15) is 21.1 Å². The zero-order valence-electron chi connectivity index (χ0n) is 14.3. The molecule has 0 spiro atoms.